The van der Waals surface area contributed by atoms with Crippen molar-refractivity contribution in [2.45, 2.75) is 90.9 Å². The van der Waals surface area contributed by atoms with Crippen LogP contribution in [0, 0.1) is 5.41 Å². The smallest absolute Gasteiger partial charge is 0.315 e. The van der Waals surface area contributed by atoms with E-state index in [1.807, 2.05) is 41.5 Å². The zero-order valence-corrected chi connectivity index (χ0v) is 20.0. The van der Waals surface area contributed by atoms with Crippen LogP contribution in [-0.2, 0) is 19.2 Å². The number of carbonyl (C=O) groups is 5. The van der Waals surface area contributed by atoms with Crippen molar-refractivity contribution in [3.63, 3.8) is 0 Å². The summed E-state index contributed by atoms with van der Waals surface area (Å²) in [5.74, 6) is -2.24. The molecular formula is C22H37N5O5. The van der Waals surface area contributed by atoms with E-state index in [1.54, 1.807) is 0 Å². The van der Waals surface area contributed by atoms with Gasteiger partial charge in [0, 0.05) is 18.1 Å². The van der Waals surface area contributed by atoms with E-state index < -0.39 is 53.2 Å². The first-order valence-electron chi connectivity index (χ1n) is 11.2. The second kappa shape index (κ2) is 9.87. The molecule has 1 aliphatic carbocycles. The molecule has 1 saturated heterocycles. The molecule has 1 heterocycles. The monoisotopic (exact) mass is 451 g/mol. The Morgan fingerprint density at radius 2 is 1.59 bits per heavy atom. The van der Waals surface area contributed by atoms with E-state index in [4.69, 9.17) is 0 Å². The van der Waals surface area contributed by atoms with Crippen molar-refractivity contribution in [1.29, 1.82) is 0 Å². The van der Waals surface area contributed by atoms with Crippen LogP contribution in [0.2, 0.25) is 0 Å². The number of ketones is 1. The molecule has 0 radical (unpaired) electrons. The van der Waals surface area contributed by atoms with Crippen LogP contribution in [0.3, 0.4) is 0 Å². The van der Waals surface area contributed by atoms with Gasteiger partial charge in [0.2, 0.25) is 17.6 Å². The van der Waals surface area contributed by atoms with Crippen molar-refractivity contribution in [3.05, 3.63) is 0 Å². The van der Waals surface area contributed by atoms with Crippen molar-refractivity contribution in [2.75, 3.05) is 13.1 Å². The highest BCUT2D eigenvalue weighted by molar-refractivity contribution is 6.37. The summed E-state index contributed by atoms with van der Waals surface area (Å²) in [5, 5.41) is 10.6. The van der Waals surface area contributed by atoms with Gasteiger partial charge in [-0.15, -0.1) is 0 Å². The fourth-order valence-corrected chi connectivity index (χ4v) is 3.48. The van der Waals surface area contributed by atoms with Gasteiger partial charge >= 0.3 is 6.03 Å². The number of Topliss-reactive ketones (excluding diaryl/α,β-unsaturated/α-hetero) is 1. The van der Waals surface area contributed by atoms with E-state index in [2.05, 4.69) is 21.3 Å². The number of hydrogen-bond acceptors (Lipinski definition) is 5. The van der Waals surface area contributed by atoms with Crippen LogP contribution in [0.5, 0.6) is 0 Å². The third-order valence-corrected chi connectivity index (χ3v) is 5.30. The van der Waals surface area contributed by atoms with E-state index in [9.17, 15) is 24.0 Å². The summed E-state index contributed by atoms with van der Waals surface area (Å²) < 4.78 is 0. The van der Waals surface area contributed by atoms with E-state index >= 15 is 0 Å². The average molecular weight is 452 g/mol. The number of amides is 5. The Kier molecular flexibility index (Phi) is 7.90. The normalized spacial score (nSPS) is 19.7. The maximum Gasteiger partial charge on any atom is 0.315 e. The first kappa shape index (κ1) is 25.6. The van der Waals surface area contributed by atoms with Crippen LogP contribution >= 0.6 is 0 Å². The topological polar surface area (TPSA) is 137 Å². The molecule has 1 unspecified atom stereocenters. The molecule has 1 saturated carbocycles. The van der Waals surface area contributed by atoms with Gasteiger partial charge in [0.05, 0.1) is 6.54 Å². The van der Waals surface area contributed by atoms with E-state index in [1.165, 1.54) is 4.90 Å². The summed E-state index contributed by atoms with van der Waals surface area (Å²) in [6.07, 6.45) is 2.80. The van der Waals surface area contributed by atoms with Crippen LogP contribution in [0.4, 0.5) is 4.79 Å². The van der Waals surface area contributed by atoms with Gasteiger partial charge in [-0.25, -0.2) is 4.79 Å². The van der Waals surface area contributed by atoms with Crippen molar-refractivity contribution < 1.29 is 24.0 Å². The maximum atomic E-state index is 13.4. The lowest BCUT2D eigenvalue weighted by Gasteiger charge is -2.36. The van der Waals surface area contributed by atoms with E-state index in [-0.39, 0.29) is 11.9 Å². The molecule has 0 aromatic carbocycles. The first-order valence-corrected chi connectivity index (χ1v) is 11.2. The summed E-state index contributed by atoms with van der Waals surface area (Å²) in [5.41, 5.74) is -1.06. The van der Waals surface area contributed by atoms with Crippen molar-refractivity contribution in [2.24, 2.45) is 5.41 Å². The van der Waals surface area contributed by atoms with Crippen molar-refractivity contribution in [3.8, 4) is 0 Å². The molecule has 2 atom stereocenters. The molecule has 2 rings (SSSR count). The summed E-state index contributed by atoms with van der Waals surface area (Å²) in [6.45, 7) is 11.0. The fraction of sp³-hybridized carbons (Fsp3) is 0.773. The molecule has 2 aliphatic rings. The molecule has 0 bridgehead atoms. The lowest BCUT2D eigenvalue weighted by molar-refractivity contribution is -0.142. The molecule has 4 N–H and O–H groups in total. The minimum atomic E-state index is -0.843. The zero-order valence-electron chi connectivity index (χ0n) is 20.0. The highest BCUT2D eigenvalue weighted by Crippen LogP contribution is 2.26. The summed E-state index contributed by atoms with van der Waals surface area (Å²) >= 11 is 0. The molecule has 10 heteroatoms. The highest BCUT2D eigenvalue weighted by Gasteiger charge is 2.42. The Hall–Kier alpha value is -2.65. The number of nitrogens with zero attached hydrogens (tertiary/aromatic N) is 1. The van der Waals surface area contributed by atoms with Crippen LogP contribution < -0.4 is 21.3 Å². The quantitative estimate of drug-likeness (QED) is 0.417. The Bertz CT molecular complexity index is 764. The van der Waals surface area contributed by atoms with E-state index in [0.717, 1.165) is 12.8 Å². The van der Waals surface area contributed by atoms with Crippen LogP contribution in [0.15, 0.2) is 0 Å². The number of hydrogen-bond donors (Lipinski definition) is 4. The number of likely N-dealkylation sites (tertiary alicyclic amines) is 1. The minimum absolute atomic E-state index is 0.0578. The molecule has 1 aliphatic heterocycles. The number of nitrogens with one attached hydrogen (secondary N) is 4. The van der Waals surface area contributed by atoms with Crippen LogP contribution in [0.1, 0.15) is 67.2 Å². The molecule has 0 spiro atoms. The fourth-order valence-electron chi connectivity index (χ4n) is 3.48. The Labute approximate surface area is 189 Å². The second-order valence-electron chi connectivity index (χ2n) is 10.7. The Morgan fingerprint density at radius 3 is 2.12 bits per heavy atom. The van der Waals surface area contributed by atoms with Crippen molar-refractivity contribution in [1.82, 2.24) is 26.2 Å². The molecule has 5 amide bonds. The molecule has 180 valence electrons. The predicted molar refractivity (Wildman–Crippen MR) is 119 cm³/mol. The number of carbonyl (C=O) groups excluding carboxylic acids is 5. The SMILES string of the molecule is CC(C)(C)NC(=O)N[C@H](C(=O)N1CCCC1C(=O)NCC(=O)C(=O)NC1CC1)C(C)(C)C. The minimum Gasteiger partial charge on any atom is -0.347 e. The van der Waals surface area contributed by atoms with E-state index in [0.29, 0.717) is 19.4 Å². The van der Waals surface area contributed by atoms with Crippen LogP contribution in [-0.4, -0.2) is 71.2 Å². The third-order valence-electron chi connectivity index (χ3n) is 5.30. The van der Waals surface area contributed by atoms with Gasteiger partial charge in [-0.1, -0.05) is 20.8 Å². The molecule has 2 fully saturated rings. The van der Waals surface area contributed by atoms with Gasteiger partial charge in [0.15, 0.2) is 0 Å². The molecule has 0 aromatic heterocycles. The average Bonchev–Trinajstić information content (AvgIpc) is 3.32. The molecule has 32 heavy (non-hydrogen) atoms. The molecular weight excluding hydrogens is 414 g/mol. The lowest BCUT2D eigenvalue weighted by atomic mass is 9.85. The van der Waals surface area contributed by atoms with Gasteiger partial charge in [0.1, 0.15) is 12.1 Å². The first-order chi connectivity index (χ1) is 14.7. The van der Waals surface area contributed by atoms with Gasteiger partial charge in [-0.05, 0) is 51.9 Å². The summed E-state index contributed by atoms with van der Waals surface area (Å²) in [7, 11) is 0. The van der Waals surface area contributed by atoms with Gasteiger partial charge in [-0.3, -0.25) is 19.2 Å². The largest absolute Gasteiger partial charge is 0.347 e. The summed E-state index contributed by atoms with van der Waals surface area (Å²) in [6, 6.07) is -2.00. The zero-order chi connectivity index (χ0) is 24.3. The maximum absolute atomic E-state index is 13.4. The standard InChI is InChI=1S/C22H37N5O5/c1-21(2,3)16(25-20(32)26-22(4,5)6)19(31)27-11-7-8-14(27)17(29)23-12-15(28)18(30)24-13-9-10-13/h13-14,16H,7-12H2,1-6H3,(H,23,29)(H,24,30)(H2,25,26,32)/t14?,16-/m1/s1. The lowest BCUT2D eigenvalue weighted by Crippen LogP contribution is -2.60. The molecule has 10 nitrogen and oxygen atoms in total. The molecule has 0 aromatic rings. The Morgan fingerprint density at radius 1 is 0.969 bits per heavy atom. The predicted octanol–water partition coefficient (Wildman–Crippen LogP) is 0.454. The third kappa shape index (κ3) is 7.49. The van der Waals surface area contributed by atoms with Crippen LogP contribution in [0.25, 0.3) is 0 Å². The Balaban J connectivity index is 2.00. The van der Waals surface area contributed by atoms with Gasteiger partial charge in [0.25, 0.3) is 5.91 Å². The van der Waals surface area contributed by atoms with Gasteiger partial charge < -0.3 is 26.2 Å². The highest BCUT2D eigenvalue weighted by atomic mass is 16.2. The van der Waals surface area contributed by atoms with Crippen molar-refractivity contribution >= 4 is 29.5 Å². The summed E-state index contributed by atoms with van der Waals surface area (Å²) in [4.78, 5) is 63.7. The number of rotatable bonds is 7. The number of urea groups is 1. The second-order valence-corrected chi connectivity index (χ2v) is 10.7. The van der Waals surface area contributed by atoms with Gasteiger partial charge in [-0.2, -0.15) is 0 Å².